The monoisotopic (exact) mass is 433 g/mol. The number of benzene rings is 2. The predicted molar refractivity (Wildman–Crippen MR) is 116 cm³/mol. The number of amides is 2. The minimum atomic E-state index is -3.43. The Morgan fingerprint density at radius 1 is 1.20 bits per heavy atom. The first-order chi connectivity index (χ1) is 14.3. The van der Waals surface area contributed by atoms with Crippen molar-refractivity contribution in [3.05, 3.63) is 59.9 Å². The van der Waals surface area contributed by atoms with Gasteiger partial charge in [0.15, 0.2) is 0 Å². The number of rotatable bonds is 6. The molecular formula is C22H28FN3O3S. The van der Waals surface area contributed by atoms with Gasteiger partial charge >= 0.3 is 6.03 Å². The molecule has 2 amide bonds. The number of hydrogen-bond acceptors (Lipinski definition) is 3. The Kier molecular flexibility index (Phi) is 7.10. The summed E-state index contributed by atoms with van der Waals surface area (Å²) in [4.78, 5) is 14.3. The first kappa shape index (κ1) is 22.2. The maximum absolute atomic E-state index is 14.2. The fraction of sp³-hybridized carbons (Fsp3) is 0.409. The van der Waals surface area contributed by atoms with Gasteiger partial charge in [-0.15, -0.1) is 0 Å². The number of carbonyl (C=O) groups is 1. The van der Waals surface area contributed by atoms with Crippen LogP contribution in [0.5, 0.6) is 0 Å². The van der Waals surface area contributed by atoms with Crippen LogP contribution in [0.1, 0.15) is 25.3 Å². The first-order valence-corrected chi connectivity index (χ1v) is 12.0. The third-order valence-electron chi connectivity index (χ3n) is 5.29. The zero-order valence-electron chi connectivity index (χ0n) is 17.3. The highest BCUT2D eigenvalue weighted by atomic mass is 32.2. The molecule has 1 fully saturated rings. The van der Waals surface area contributed by atoms with Crippen LogP contribution >= 0.6 is 0 Å². The van der Waals surface area contributed by atoms with Crippen molar-refractivity contribution in [2.75, 3.05) is 19.3 Å². The lowest BCUT2D eigenvalue weighted by molar-refractivity contribution is 0.134. The van der Waals surface area contributed by atoms with Crippen LogP contribution in [0.2, 0.25) is 0 Å². The zero-order chi connectivity index (χ0) is 21.7. The van der Waals surface area contributed by atoms with Crippen molar-refractivity contribution in [1.29, 1.82) is 0 Å². The van der Waals surface area contributed by atoms with E-state index in [2.05, 4.69) is 10.0 Å². The topological polar surface area (TPSA) is 78.5 Å². The van der Waals surface area contributed by atoms with Crippen molar-refractivity contribution in [3.8, 4) is 11.1 Å². The lowest BCUT2D eigenvalue weighted by Crippen LogP contribution is -2.59. The lowest BCUT2D eigenvalue weighted by Gasteiger charge is -2.41. The van der Waals surface area contributed by atoms with Gasteiger partial charge in [-0.2, -0.15) is 0 Å². The van der Waals surface area contributed by atoms with Crippen LogP contribution in [0.15, 0.2) is 48.5 Å². The van der Waals surface area contributed by atoms with Crippen LogP contribution < -0.4 is 10.0 Å². The third-order valence-corrected chi connectivity index (χ3v) is 6.02. The summed E-state index contributed by atoms with van der Waals surface area (Å²) in [5.41, 5.74) is 2.17. The minimum Gasteiger partial charge on any atom is -0.338 e. The van der Waals surface area contributed by atoms with Crippen LogP contribution in [-0.4, -0.2) is 50.8 Å². The smallest absolute Gasteiger partial charge is 0.317 e. The average Bonchev–Trinajstić information content (AvgIpc) is 2.69. The predicted octanol–water partition coefficient (Wildman–Crippen LogP) is 3.15. The van der Waals surface area contributed by atoms with Gasteiger partial charge in [0.25, 0.3) is 0 Å². The maximum atomic E-state index is 14.2. The number of sulfonamides is 1. The number of halogens is 1. The first-order valence-electron chi connectivity index (χ1n) is 10.1. The molecule has 1 aliphatic rings. The molecule has 1 heterocycles. The molecule has 2 N–H and O–H groups in total. The summed E-state index contributed by atoms with van der Waals surface area (Å²) in [5, 5.41) is 2.82. The Labute approximate surface area is 177 Å². The summed E-state index contributed by atoms with van der Waals surface area (Å²) < 4.78 is 40.7. The van der Waals surface area contributed by atoms with Gasteiger partial charge in [0.2, 0.25) is 10.0 Å². The highest BCUT2D eigenvalue weighted by molar-refractivity contribution is 7.88. The molecule has 2 aromatic rings. The van der Waals surface area contributed by atoms with E-state index in [0.29, 0.717) is 31.5 Å². The molecule has 0 saturated carbocycles. The van der Waals surface area contributed by atoms with E-state index in [1.807, 2.05) is 31.2 Å². The van der Waals surface area contributed by atoms with Crippen LogP contribution in [0.4, 0.5) is 9.18 Å². The van der Waals surface area contributed by atoms with Crippen molar-refractivity contribution < 1.29 is 17.6 Å². The van der Waals surface area contributed by atoms with Gasteiger partial charge < -0.3 is 10.2 Å². The van der Waals surface area contributed by atoms with E-state index < -0.39 is 10.0 Å². The Hall–Kier alpha value is -2.45. The Bertz CT molecular complexity index is 997. The van der Waals surface area contributed by atoms with Crippen molar-refractivity contribution in [2.24, 2.45) is 0 Å². The number of piperidine rings is 1. The Morgan fingerprint density at radius 2 is 1.97 bits per heavy atom. The highest BCUT2D eigenvalue weighted by Crippen LogP contribution is 2.26. The third kappa shape index (κ3) is 5.58. The normalized spacial score (nSPS) is 19.5. The van der Waals surface area contributed by atoms with Gasteiger partial charge in [0, 0.05) is 24.7 Å². The quantitative estimate of drug-likeness (QED) is 0.735. The van der Waals surface area contributed by atoms with Crippen molar-refractivity contribution >= 4 is 16.1 Å². The Balaban J connectivity index is 1.91. The molecule has 0 spiro atoms. The second kappa shape index (κ2) is 9.57. The number of nitrogens with zero attached hydrogens (tertiary/aromatic N) is 1. The largest absolute Gasteiger partial charge is 0.338 e. The number of nitrogens with one attached hydrogen (secondary N) is 2. The molecule has 30 heavy (non-hydrogen) atoms. The molecule has 6 nitrogen and oxygen atoms in total. The molecule has 2 aromatic carbocycles. The molecule has 0 radical (unpaired) electrons. The number of urea groups is 1. The molecule has 0 aliphatic carbocycles. The van der Waals surface area contributed by atoms with E-state index in [1.165, 1.54) is 6.07 Å². The molecule has 0 unspecified atom stereocenters. The van der Waals surface area contributed by atoms with Crippen LogP contribution in [0, 0.1) is 5.82 Å². The molecule has 8 heteroatoms. The summed E-state index contributed by atoms with van der Waals surface area (Å²) in [6.45, 7) is 2.90. The standard InChI is InChI=1S/C22H28FN3O3S/c1-3-24-22(27)26-13-7-12-20(25-30(2,28)29)21(26)15-16-8-6-9-17(14-16)18-10-4-5-11-19(18)23/h4-6,8-11,14,20-21,25H,3,7,12-13,15H2,1-2H3,(H,24,27)/t20-,21-/m0/s1. The fourth-order valence-electron chi connectivity index (χ4n) is 4.03. The van der Waals surface area contributed by atoms with E-state index in [-0.39, 0.29) is 23.9 Å². The van der Waals surface area contributed by atoms with E-state index >= 15 is 0 Å². The van der Waals surface area contributed by atoms with E-state index in [1.54, 1.807) is 23.1 Å². The van der Waals surface area contributed by atoms with E-state index in [0.717, 1.165) is 23.8 Å². The molecule has 2 atom stereocenters. The van der Waals surface area contributed by atoms with Gasteiger partial charge in [-0.05, 0) is 43.4 Å². The van der Waals surface area contributed by atoms with Gasteiger partial charge in [0.05, 0.1) is 12.3 Å². The minimum absolute atomic E-state index is 0.201. The molecular weight excluding hydrogens is 405 g/mol. The molecule has 0 aromatic heterocycles. The molecule has 3 rings (SSSR count). The second-order valence-electron chi connectivity index (χ2n) is 7.62. The SMILES string of the molecule is CCNC(=O)N1CCC[C@H](NS(C)(=O)=O)[C@@H]1Cc1cccc(-c2ccccc2F)c1. The Morgan fingerprint density at radius 3 is 2.67 bits per heavy atom. The molecule has 1 saturated heterocycles. The van der Waals surface area contributed by atoms with Crippen LogP contribution in [-0.2, 0) is 16.4 Å². The van der Waals surface area contributed by atoms with Crippen LogP contribution in [0.25, 0.3) is 11.1 Å². The summed E-state index contributed by atoms with van der Waals surface area (Å²) in [7, 11) is -3.43. The molecule has 1 aliphatic heterocycles. The zero-order valence-corrected chi connectivity index (χ0v) is 18.1. The summed E-state index contributed by atoms with van der Waals surface area (Å²) in [5.74, 6) is -0.298. The molecule has 162 valence electrons. The van der Waals surface area contributed by atoms with Crippen molar-refractivity contribution in [2.45, 2.75) is 38.3 Å². The van der Waals surface area contributed by atoms with Gasteiger partial charge in [-0.1, -0.05) is 42.5 Å². The van der Waals surface area contributed by atoms with Crippen molar-refractivity contribution in [1.82, 2.24) is 14.9 Å². The fourth-order valence-corrected chi connectivity index (χ4v) is 4.85. The average molecular weight is 434 g/mol. The number of likely N-dealkylation sites (tertiary alicyclic amines) is 1. The highest BCUT2D eigenvalue weighted by Gasteiger charge is 2.35. The van der Waals surface area contributed by atoms with Gasteiger partial charge in [-0.25, -0.2) is 22.3 Å². The van der Waals surface area contributed by atoms with Gasteiger partial charge in [-0.3, -0.25) is 0 Å². The summed E-state index contributed by atoms with van der Waals surface area (Å²) >= 11 is 0. The van der Waals surface area contributed by atoms with E-state index in [4.69, 9.17) is 0 Å². The van der Waals surface area contributed by atoms with Gasteiger partial charge in [0.1, 0.15) is 5.82 Å². The summed E-state index contributed by atoms with van der Waals surface area (Å²) in [6.07, 6.45) is 2.97. The van der Waals surface area contributed by atoms with Crippen LogP contribution in [0.3, 0.4) is 0 Å². The summed E-state index contributed by atoms with van der Waals surface area (Å²) in [6, 6.07) is 13.2. The van der Waals surface area contributed by atoms with E-state index in [9.17, 15) is 17.6 Å². The second-order valence-corrected chi connectivity index (χ2v) is 9.40. The maximum Gasteiger partial charge on any atom is 0.317 e. The lowest BCUT2D eigenvalue weighted by atomic mass is 9.90. The number of carbonyl (C=O) groups excluding carboxylic acids is 1. The molecule has 0 bridgehead atoms. The number of hydrogen-bond donors (Lipinski definition) is 2. The van der Waals surface area contributed by atoms with Crippen molar-refractivity contribution in [3.63, 3.8) is 0 Å².